The number of aromatic amines is 1. The van der Waals surface area contributed by atoms with Gasteiger partial charge in [-0.05, 0) is 25.8 Å². The molecule has 3 heterocycles. The number of hydrogen-bond donors (Lipinski definition) is 4. The summed E-state index contributed by atoms with van der Waals surface area (Å²) < 4.78 is 5.37. The fraction of sp³-hybridized carbons (Fsp3) is 0.375. The highest BCUT2D eigenvalue weighted by Gasteiger charge is 2.21. The van der Waals surface area contributed by atoms with Crippen LogP contribution in [0.1, 0.15) is 29.8 Å². The van der Waals surface area contributed by atoms with Crippen LogP contribution >= 0.6 is 0 Å². The maximum Gasteiger partial charge on any atom is 0.251 e. The van der Waals surface area contributed by atoms with Crippen LogP contribution in [-0.2, 0) is 4.74 Å². The van der Waals surface area contributed by atoms with Crippen molar-refractivity contribution in [2.75, 3.05) is 24.3 Å². The Morgan fingerprint density at radius 3 is 2.88 bits per heavy atom. The number of nitrogens with zero attached hydrogens (tertiary/aromatic N) is 2. The maximum atomic E-state index is 11.5. The van der Waals surface area contributed by atoms with Crippen molar-refractivity contribution in [2.45, 2.75) is 25.8 Å². The highest BCUT2D eigenvalue weighted by atomic mass is 16.5. The van der Waals surface area contributed by atoms with Crippen LogP contribution in [0.4, 0.5) is 11.5 Å². The number of anilines is 2. The molecule has 1 aliphatic heterocycles. The summed E-state index contributed by atoms with van der Waals surface area (Å²) in [7, 11) is 0. The molecule has 1 aliphatic rings. The van der Waals surface area contributed by atoms with Crippen molar-refractivity contribution in [1.29, 1.82) is 5.41 Å². The number of hydrogen-bond acceptors (Lipinski definition) is 7. The normalized spacial score (nSPS) is 15.2. The lowest BCUT2D eigenvalue weighted by Crippen LogP contribution is -2.29. The second-order valence-corrected chi connectivity index (χ2v) is 5.78. The van der Waals surface area contributed by atoms with E-state index in [0.29, 0.717) is 30.3 Å². The lowest BCUT2D eigenvalue weighted by molar-refractivity contribution is 0.0904. The van der Waals surface area contributed by atoms with Crippen LogP contribution in [0.15, 0.2) is 23.3 Å². The topological polar surface area (TPSA) is 130 Å². The van der Waals surface area contributed by atoms with Gasteiger partial charge in [0.2, 0.25) is 0 Å². The standard InChI is InChI=1S/C16H20N6O2/c1-9-6-11(17)14(15(18)12-7-13(23)20-8-19-12)16(21-9)22-10-2-4-24-5-3-10/h6-8,10,18H,2-5H2,1H3,(H3,17,21,22)(H,19,20,23). The molecule has 24 heavy (non-hydrogen) atoms. The zero-order chi connectivity index (χ0) is 17.1. The van der Waals surface area contributed by atoms with Gasteiger partial charge in [-0.2, -0.15) is 0 Å². The molecule has 0 saturated carbocycles. The Labute approximate surface area is 139 Å². The largest absolute Gasteiger partial charge is 0.398 e. The highest BCUT2D eigenvalue weighted by Crippen LogP contribution is 2.26. The van der Waals surface area contributed by atoms with E-state index in [9.17, 15) is 4.79 Å². The summed E-state index contributed by atoms with van der Waals surface area (Å²) in [6, 6.07) is 3.21. The summed E-state index contributed by atoms with van der Waals surface area (Å²) >= 11 is 0. The summed E-state index contributed by atoms with van der Waals surface area (Å²) in [4.78, 5) is 22.5. The molecule has 0 aromatic carbocycles. The van der Waals surface area contributed by atoms with E-state index in [1.165, 1.54) is 12.4 Å². The van der Waals surface area contributed by atoms with Gasteiger partial charge in [0.15, 0.2) is 0 Å². The third-order valence-corrected chi connectivity index (χ3v) is 3.92. The number of pyridine rings is 1. The van der Waals surface area contributed by atoms with Gasteiger partial charge in [0.25, 0.3) is 5.56 Å². The first kappa shape index (κ1) is 16.1. The van der Waals surface area contributed by atoms with Gasteiger partial charge < -0.3 is 20.8 Å². The predicted octanol–water partition coefficient (Wildman–Crippen LogP) is 1.06. The van der Waals surface area contributed by atoms with Crippen LogP contribution < -0.4 is 16.6 Å². The van der Waals surface area contributed by atoms with Gasteiger partial charge in [0.1, 0.15) is 5.82 Å². The summed E-state index contributed by atoms with van der Waals surface area (Å²) in [6.07, 6.45) is 3.01. The number of aromatic nitrogens is 3. The van der Waals surface area contributed by atoms with Crippen LogP contribution in [0.25, 0.3) is 0 Å². The van der Waals surface area contributed by atoms with Gasteiger partial charge in [0.05, 0.1) is 23.3 Å². The van der Waals surface area contributed by atoms with E-state index in [-0.39, 0.29) is 23.0 Å². The zero-order valence-corrected chi connectivity index (χ0v) is 13.4. The molecule has 0 aliphatic carbocycles. The van der Waals surface area contributed by atoms with Crippen molar-refractivity contribution in [3.05, 3.63) is 45.8 Å². The number of aryl methyl sites for hydroxylation is 1. The average molecular weight is 328 g/mol. The molecular weight excluding hydrogens is 308 g/mol. The number of nitrogens with two attached hydrogens (primary N) is 1. The molecule has 1 fully saturated rings. The molecule has 0 radical (unpaired) electrons. The van der Waals surface area contributed by atoms with Crippen LogP contribution in [0.3, 0.4) is 0 Å². The monoisotopic (exact) mass is 328 g/mol. The van der Waals surface area contributed by atoms with Crippen LogP contribution in [0.2, 0.25) is 0 Å². The molecular formula is C16H20N6O2. The van der Waals surface area contributed by atoms with E-state index < -0.39 is 0 Å². The first-order valence-corrected chi connectivity index (χ1v) is 7.80. The quantitative estimate of drug-likeness (QED) is 0.621. The van der Waals surface area contributed by atoms with E-state index in [1.54, 1.807) is 6.07 Å². The predicted molar refractivity (Wildman–Crippen MR) is 91.6 cm³/mol. The Hall–Kier alpha value is -2.74. The van der Waals surface area contributed by atoms with Crippen molar-refractivity contribution in [2.24, 2.45) is 0 Å². The molecule has 1 saturated heterocycles. The van der Waals surface area contributed by atoms with E-state index in [1.807, 2.05) is 6.92 Å². The molecule has 0 spiro atoms. The molecule has 8 nitrogen and oxygen atoms in total. The molecule has 5 N–H and O–H groups in total. The third kappa shape index (κ3) is 3.43. The van der Waals surface area contributed by atoms with E-state index in [4.69, 9.17) is 15.9 Å². The summed E-state index contributed by atoms with van der Waals surface area (Å²) in [5.74, 6) is 0.548. The minimum Gasteiger partial charge on any atom is -0.398 e. The number of ether oxygens (including phenoxy) is 1. The second kappa shape index (κ2) is 6.79. The van der Waals surface area contributed by atoms with Gasteiger partial charge in [-0.25, -0.2) is 9.97 Å². The zero-order valence-electron chi connectivity index (χ0n) is 13.4. The van der Waals surface area contributed by atoms with Crippen molar-refractivity contribution >= 4 is 17.2 Å². The van der Waals surface area contributed by atoms with Gasteiger partial charge in [0, 0.05) is 36.7 Å². The van der Waals surface area contributed by atoms with E-state index >= 15 is 0 Å². The van der Waals surface area contributed by atoms with Gasteiger partial charge in [-0.15, -0.1) is 0 Å². The fourth-order valence-corrected chi connectivity index (χ4v) is 2.73. The summed E-state index contributed by atoms with van der Waals surface area (Å²) in [6.45, 7) is 3.24. The Morgan fingerprint density at radius 2 is 2.17 bits per heavy atom. The fourth-order valence-electron chi connectivity index (χ4n) is 2.73. The van der Waals surface area contributed by atoms with Crippen LogP contribution in [-0.4, -0.2) is 39.9 Å². The van der Waals surface area contributed by atoms with E-state index in [0.717, 1.165) is 18.5 Å². The van der Waals surface area contributed by atoms with Crippen molar-refractivity contribution < 1.29 is 4.74 Å². The average Bonchev–Trinajstić information content (AvgIpc) is 2.55. The molecule has 3 rings (SSSR count). The number of nitrogen functional groups attached to an aromatic ring is 1. The van der Waals surface area contributed by atoms with Crippen LogP contribution in [0.5, 0.6) is 0 Å². The van der Waals surface area contributed by atoms with Crippen molar-refractivity contribution in [1.82, 2.24) is 15.0 Å². The van der Waals surface area contributed by atoms with Gasteiger partial charge in [-0.3, -0.25) is 10.2 Å². The first-order chi connectivity index (χ1) is 11.5. The Balaban J connectivity index is 1.99. The van der Waals surface area contributed by atoms with Crippen molar-refractivity contribution in [3.63, 3.8) is 0 Å². The molecule has 126 valence electrons. The maximum absolute atomic E-state index is 11.5. The molecule has 0 amide bonds. The SMILES string of the molecule is Cc1cc(N)c(C(=N)c2cc(=O)[nH]cn2)c(NC2CCOCC2)n1. The van der Waals surface area contributed by atoms with E-state index in [2.05, 4.69) is 20.3 Å². The number of nitrogens with one attached hydrogen (secondary N) is 3. The summed E-state index contributed by atoms with van der Waals surface area (Å²) in [5, 5.41) is 11.8. The Kier molecular flexibility index (Phi) is 4.57. The number of H-pyrrole nitrogens is 1. The molecule has 0 unspecified atom stereocenters. The molecule has 8 heteroatoms. The lowest BCUT2D eigenvalue weighted by atomic mass is 10.0. The Morgan fingerprint density at radius 1 is 1.42 bits per heavy atom. The van der Waals surface area contributed by atoms with Crippen LogP contribution in [0, 0.1) is 12.3 Å². The summed E-state index contributed by atoms with van der Waals surface area (Å²) in [5.41, 5.74) is 7.81. The second-order valence-electron chi connectivity index (χ2n) is 5.78. The molecule has 0 atom stereocenters. The van der Waals surface area contributed by atoms with Gasteiger partial charge in [-0.1, -0.05) is 0 Å². The lowest BCUT2D eigenvalue weighted by Gasteiger charge is -2.25. The Bertz CT molecular complexity index is 810. The van der Waals surface area contributed by atoms with Crippen molar-refractivity contribution in [3.8, 4) is 0 Å². The number of rotatable bonds is 4. The molecule has 2 aromatic rings. The molecule has 2 aromatic heterocycles. The first-order valence-electron chi connectivity index (χ1n) is 7.80. The smallest absolute Gasteiger partial charge is 0.251 e. The van der Waals surface area contributed by atoms with Gasteiger partial charge >= 0.3 is 0 Å². The minimum atomic E-state index is -0.317. The third-order valence-electron chi connectivity index (χ3n) is 3.92. The highest BCUT2D eigenvalue weighted by molar-refractivity contribution is 6.15. The minimum absolute atomic E-state index is 0.0701. The molecule has 0 bridgehead atoms.